The largest absolute Gasteiger partial charge is 0.496 e. The molecule has 19 heavy (non-hydrogen) atoms. The normalized spacial score (nSPS) is 10.3. The summed E-state index contributed by atoms with van der Waals surface area (Å²) in [5.74, 6) is 0.635. The Bertz CT molecular complexity index is 752. The van der Waals surface area contributed by atoms with Crippen molar-refractivity contribution < 1.29 is 4.74 Å². The highest BCUT2D eigenvalue weighted by Gasteiger charge is 2.10. The molecular formula is C14H10N4O. The minimum Gasteiger partial charge on any atom is -0.496 e. The van der Waals surface area contributed by atoms with Crippen LogP contribution >= 0.6 is 0 Å². The molecule has 2 heterocycles. The monoisotopic (exact) mass is 250 g/mol. The molecule has 0 radical (unpaired) electrons. The van der Waals surface area contributed by atoms with Crippen LogP contribution in [-0.2, 0) is 0 Å². The van der Waals surface area contributed by atoms with Crippen LogP contribution in [-0.4, -0.2) is 21.5 Å². The average Bonchev–Trinajstić information content (AvgIpc) is 2.90. The van der Waals surface area contributed by atoms with Crippen LogP contribution in [0.15, 0.2) is 43.0 Å². The third-order valence-corrected chi connectivity index (χ3v) is 2.87. The number of methoxy groups -OCH3 is 1. The quantitative estimate of drug-likeness (QED) is 0.700. The van der Waals surface area contributed by atoms with Gasteiger partial charge in [0.15, 0.2) is 5.65 Å². The lowest BCUT2D eigenvalue weighted by Gasteiger charge is -2.05. The van der Waals surface area contributed by atoms with Crippen LogP contribution in [0, 0.1) is 11.3 Å². The van der Waals surface area contributed by atoms with Crippen LogP contribution in [0.5, 0.6) is 5.75 Å². The van der Waals surface area contributed by atoms with Crippen LogP contribution < -0.4 is 4.74 Å². The molecule has 3 rings (SSSR count). The maximum atomic E-state index is 8.90. The third-order valence-electron chi connectivity index (χ3n) is 2.87. The molecule has 0 spiro atoms. The van der Waals surface area contributed by atoms with Crippen molar-refractivity contribution in [1.82, 2.24) is 14.4 Å². The second-order valence-corrected chi connectivity index (χ2v) is 3.99. The van der Waals surface area contributed by atoms with Crippen molar-refractivity contribution in [3.63, 3.8) is 0 Å². The molecule has 5 nitrogen and oxygen atoms in total. The first-order valence-electron chi connectivity index (χ1n) is 5.69. The fraction of sp³-hybridized carbons (Fsp3) is 0.0714. The Labute approximate surface area is 109 Å². The van der Waals surface area contributed by atoms with Crippen LogP contribution in [0.1, 0.15) is 5.56 Å². The molecule has 0 saturated heterocycles. The highest BCUT2D eigenvalue weighted by molar-refractivity contribution is 5.70. The van der Waals surface area contributed by atoms with Gasteiger partial charge in [-0.1, -0.05) is 0 Å². The molecule has 0 aliphatic heterocycles. The number of nitrogens with zero attached hydrogens (tertiary/aromatic N) is 4. The maximum absolute atomic E-state index is 8.90. The summed E-state index contributed by atoms with van der Waals surface area (Å²) in [6.45, 7) is 0. The Morgan fingerprint density at radius 2 is 2.26 bits per heavy atom. The smallest absolute Gasteiger partial charge is 0.155 e. The standard InChI is InChI=1S/C14H10N4O/c1-19-13-6-10(7-15)2-3-11(13)12-9-18-5-4-16-8-14(18)17-12/h2-6,8-9H,1H3. The van der Waals surface area contributed by atoms with E-state index < -0.39 is 0 Å². The lowest BCUT2D eigenvalue weighted by atomic mass is 10.1. The Hall–Kier alpha value is -2.87. The topological polar surface area (TPSA) is 63.2 Å². The van der Waals surface area contributed by atoms with Crippen LogP contribution in [0.3, 0.4) is 0 Å². The zero-order valence-corrected chi connectivity index (χ0v) is 10.2. The Morgan fingerprint density at radius 3 is 3.00 bits per heavy atom. The molecule has 2 aromatic heterocycles. The first kappa shape index (κ1) is 11.2. The van der Waals surface area contributed by atoms with Gasteiger partial charge in [0.25, 0.3) is 0 Å². The predicted molar refractivity (Wildman–Crippen MR) is 69.7 cm³/mol. The van der Waals surface area contributed by atoms with Crippen LogP contribution in [0.25, 0.3) is 16.9 Å². The number of benzene rings is 1. The van der Waals surface area contributed by atoms with E-state index in [0.717, 1.165) is 16.9 Å². The molecule has 0 atom stereocenters. The third kappa shape index (κ3) is 1.89. The lowest BCUT2D eigenvalue weighted by molar-refractivity contribution is 0.416. The molecule has 0 amide bonds. The van der Waals surface area contributed by atoms with Gasteiger partial charge in [0.2, 0.25) is 0 Å². The minimum absolute atomic E-state index is 0.561. The van der Waals surface area contributed by atoms with Gasteiger partial charge in [-0.15, -0.1) is 0 Å². The van der Waals surface area contributed by atoms with Crippen molar-refractivity contribution in [3.05, 3.63) is 48.5 Å². The summed E-state index contributed by atoms with van der Waals surface area (Å²) >= 11 is 0. The second-order valence-electron chi connectivity index (χ2n) is 3.99. The molecule has 92 valence electrons. The van der Waals surface area contributed by atoms with Gasteiger partial charge in [0.05, 0.1) is 30.6 Å². The van der Waals surface area contributed by atoms with Crippen molar-refractivity contribution in [2.75, 3.05) is 7.11 Å². The van der Waals surface area contributed by atoms with Crippen molar-refractivity contribution in [2.24, 2.45) is 0 Å². The SMILES string of the molecule is COc1cc(C#N)ccc1-c1cn2ccncc2n1. The van der Waals surface area contributed by atoms with E-state index in [0.29, 0.717) is 11.3 Å². The fourth-order valence-electron chi connectivity index (χ4n) is 1.94. The average molecular weight is 250 g/mol. The zero-order chi connectivity index (χ0) is 13.2. The van der Waals surface area contributed by atoms with E-state index in [4.69, 9.17) is 10.00 Å². The van der Waals surface area contributed by atoms with Gasteiger partial charge in [-0.3, -0.25) is 4.98 Å². The van der Waals surface area contributed by atoms with Gasteiger partial charge in [0, 0.05) is 24.2 Å². The summed E-state index contributed by atoms with van der Waals surface area (Å²) < 4.78 is 7.21. The number of imidazole rings is 1. The van der Waals surface area contributed by atoms with Crippen LogP contribution in [0.4, 0.5) is 0 Å². The minimum atomic E-state index is 0.561. The van der Waals surface area contributed by atoms with E-state index in [2.05, 4.69) is 16.0 Å². The van der Waals surface area contributed by atoms with E-state index >= 15 is 0 Å². The molecule has 0 saturated carbocycles. The molecule has 0 bridgehead atoms. The van der Waals surface area contributed by atoms with Gasteiger partial charge in [-0.2, -0.15) is 5.26 Å². The van der Waals surface area contributed by atoms with Gasteiger partial charge >= 0.3 is 0 Å². The van der Waals surface area contributed by atoms with Crippen molar-refractivity contribution in [1.29, 1.82) is 5.26 Å². The highest BCUT2D eigenvalue weighted by Crippen LogP contribution is 2.30. The fourth-order valence-corrected chi connectivity index (χ4v) is 1.94. The summed E-state index contributed by atoms with van der Waals surface area (Å²) in [6.07, 6.45) is 7.14. The predicted octanol–water partition coefficient (Wildman–Crippen LogP) is 2.28. The molecule has 5 heteroatoms. The number of nitriles is 1. The van der Waals surface area contributed by atoms with Crippen molar-refractivity contribution >= 4 is 5.65 Å². The number of hydrogen-bond donors (Lipinski definition) is 0. The van der Waals surface area contributed by atoms with E-state index in [9.17, 15) is 0 Å². The first-order valence-corrected chi connectivity index (χ1v) is 5.69. The maximum Gasteiger partial charge on any atom is 0.155 e. The lowest BCUT2D eigenvalue weighted by Crippen LogP contribution is -1.89. The Morgan fingerprint density at radius 1 is 1.37 bits per heavy atom. The van der Waals surface area contributed by atoms with Gasteiger partial charge in [0.1, 0.15) is 5.75 Å². The molecule has 0 fully saturated rings. The second kappa shape index (κ2) is 4.42. The molecule has 0 unspecified atom stereocenters. The van der Waals surface area contributed by atoms with Crippen molar-refractivity contribution in [3.8, 4) is 23.1 Å². The molecule has 0 N–H and O–H groups in total. The zero-order valence-electron chi connectivity index (χ0n) is 10.2. The van der Waals surface area contributed by atoms with Crippen LogP contribution in [0.2, 0.25) is 0 Å². The van der Waals surface area contributed by atoms with E-state index in [1.807, 2.05) is 22.9 Å². The molecule has 0 aliphatic rings. The number of ether oxygens (including phenoxy) is 1. The summed E-state index contributed by atoms with van der Waals surface area (Å²) in [4.78, 5) is 8.52. The van der Waals surface area contributed by atoms with Crippen molar-refractivity contribution in [2.45, 2.75) is 0 Å². The van der Waals surface area contributed by atoms with E-state index in [-0.39, 0.29) is 0 Å². The summed E-state index contributed by atoms with van der Waals surface area (Å²) in [5, 5.41) is 8.90. The summed E-state index contributed by atoms with van der Waals surface area (Å²) in [6, 6.07) is 7.39. The Kier molecular flexibility index (Phi) is 2.62. The Balaban J connectivity index is 2.18. The highest BCUT2D eigenvalue weighted by atomic mass is 16.5. The molecule has 3 aromatic rings. The first-order chi connectivity index (χ1) is 9.31. The van der Waals surface area contributed by atoms with Gasteiger partial charge in [-0.25, -0.2) is 4.98 Å². The summed E-state index contributed by atoms with van der Waals surface area (Å²) in [5.41, 5.74) is 2.97. The molecular weight excluding hydrogens is 240 g/mol. The number of rotatable bonds is 2. The van der Waals surface area contributed by atoms with E-state index in [1.165, 1.54) is 0 Å². The number of fused-ring (bicyclic) bond motifs is 1. The van der Waals surface area contributed by atoms with E-state index in [1.54, 1.807) is 31.6 Å². The summed E-state index contributed by atoms with van der Waals surface area (Å²) in [7, 11) is 1.58. The van der Waals surface area contributed by atoms with Gasteiger partial charge < -0.3 is 9.14 Å². The number of aromatic nitrogens is 3. The molecule has 1 aromatic carbocycles. The van der Waals surface area contributed by atoms with Gasteiger partial charge in [-0.05, 0) is 18.2 Å². The number of hydrogen-bond acceptors (Lipinski definition) is 4. The molecule has 0 aliphatic carbocycles.